The van der Waals surface area contributed by atoms with Crippen molar-refractivity contribution in [2.24, 2.45) is 0 Å². The third-order valence-electron chi connectivity index (χ3n) is 2.29. The molecule has 0 unspecified atom stereocenters. The molecule has 0 saturated heterocycles. The van der Waals surface area contributed by atoms with Gasteiger partial charge in [0.15, 0.2) is 0 Å². The van der Waals surface area contributed by atoms with E-state index < -0.39 is 0 Å². The number of alkyl halides is 1. The van der Waals surface area contributed by atoms with E-state index in [-0.39, 0.29) is 0 Å². The Kier molecular flexibility index (Phi) is 3.64. The third-order valence-corrected chi connectivity index (χ3v) is 2.60. The predicted molar refractivity (Wildman–Crippen MR) is 67.2 cm³/mol. The number of nitrogens with zero attached hydrogens (tertiary/aromatic N) is 1. The zero-order chi connectivity index (χ0) is 12.1. The van der Waals surface area contributed by atoms with Crippen LogP contribution >= 0.6 is 11.6 Å². The molecule has 0 spiro atoms. The number of para-hydroxylation sites is 1. The number of hydrogen-bond acceptors (Lipinski definition) is 2. The highest BCUT2D eigenvalue weighted by atomic mass is 35.5. The van der Waals surface area contributed by atoms with Crippen molar-refractivity contribution in [2.75, 3.05) is 0 Å². The summed E-state index contributed by atoms with van der Waals surface area (Å²) in [5.41, 5.74) is 1.40. The van der Waals surface area contributed by atoms with Gasteiger partial charge in [0.25, 0.3) is 0 Å². The lowest BCUT2D eigenvalue weighted by Gasteiger charge is -2.07. The molecule has 0 amide bonds. The monoisotopic (exact) mass is 243 g/mol. The Morgan fingerprint density at radius 2 is 1.88 bits per heavy atom. The van der Waals surface area contributed by atoms with Crippen LogP contribution in [-0.2, 0) is 5.88 Å². The second kappa shape index (κ2) is 5.38. The van der Waals surface area contributed by atoms with E-state index in [9.17, 15) is 0 Å². The molecule has 0 bridgehead atoms. The van der Waals surface area contributed by atoms with Crippen molar-refractivity contribution in [1.29, 1.82) is 5.26 Å². The van der Waals surface area contributed by atoms with E-state index in [0.29, 0.717) is 22.9 Å². The Balaban J connectivity index is 2.31. The van der Waals surface area contributed by atoms with E-state index in [1.165, 1.54) is 0 Å². The van der Waals surface area contributed by atoms with Gasteiger partial charge in [-0.25, -0.2) is 0 Å². The zero-order valence-corrected chi connectivity index (χ0v) is 9.82. The van der Waals surface area contributed by atoms with Crippen LogP contribution in [0.2, 0.25) is 0 Å². The molecular formula is C14H10ClNO. The minimum Gasteiger partial charge on any atom is -0.456 e. The summed E-state index contributed by atoms with van der Waals surface area (Å²) in [5.74, 6) is 1.65. The number of benzene rings is 2. The van der Waals surface area contributed by atoms with Gasteiger partial charge in [-0.3, -0.25) is 0 Å². The van der Waals surface area contributed by atoms with Crippen LogP contribution in [0.3, 0.4) is 0 Å². The summed E-state index contributed by atoms with van der Waals surface area (Å²) in [4.78, 5) is 0. The lowest BCUT2D eigenvalue weighted by atomic mass is 10.1. The first-order valence-corrected chi connectivity index (χ1v) is 5.69. The van der Waals surface area contributed by atoms with Gasteiger partial charge >= 0.3 is 0 Å². The number of nitriles is 1. The summed E-state index contributed by atoms with van der Waals surface area (Å²) < 4.78 is 5.63. The molecule has 0 saturated carbocycles. The number of hydrogen-bond donors (Lipinski definition) is 0. The molecule has 0 atom stereocenters. The van der Waals surface area contributed by atoms with E-state index in [1.807, 2.05) is 36.4 Å². The first-order valence-electron chi connectivity index (χ1n) is 5.15. The molecule has 2 aromatic carbocycles. The van der Waals surface area contributed by atoms with Crippen molar-refractivity contribution in [3.8, 4) is 17.6 Å². The maximum Gasteiger partial charge on any atom is 0.145 e. The van der Waals surface area contributed by atoms with Crippen LogP contribution in [0.15, 0.2) is 48.5 Å². The summed E-state index contributed by atoms with van der Waals surface area (Å²) in [6.07, 6.45) is 0. The Morgan fingerprint density at radius 1 is 1.12 bits per heavy atom. The van der Waals surface area contributed by atoms with E-state index in [2.05, 4.69) is 6.07 Å². The molecule has 17 heavy (non-hydrogen) atoms. The van der Waals surface area contributed by atoms with Crippen molar-refractivity contribution in [3.05, 3.63) is 59.7 Å². The van der Waals surface area contributed by atoms with E-state index in [4.69, 9.17) is 21.6 Å². The highest BCUT2D eigenvalue weighted by Crippen LogP contribution is 2.26. The van der Waals surface area contributed by atoms with E-state index in [1.54, 1.807) is 12.1 Å². The van der Waals surface area contributed by atoms with E-state index in [0.717, 1.165) is 5.56 Å². The van der Waals surface area contributed by atoms with Crippen LogP contribution in [0.25, 0.3) is 0 Å². The number of ether oxygens (including phenoxy) is 1. The molecule has 3 heteroatoms. The predicted octanol–water partition coefficient (Wildman–Crippen LogP) is 4.09. The van der Waals surface area contributed by atoms with E-state index >= 15 is 0 Å². The smallest absolute Gasteiger partial charge is 0.145 e. The van der Waals surface area contributed by atoms with Gasteiger partial charge in [-0.1, -0.05) is 24.3 Å². The van der Waals surface area contributed by atoms with Crippen molar-refractivity contribution in [1.82, 2.24) is 0 Å². The van der Waals surface area contributed by atoms with Crippen molar-refractivity contribution in [3.63, 3.8) is 0 Å². The summed E-state index contributed by atoms with van der Waals surface area (Å²) in [6, 6.07) is 16.8. The number of rotatable bonds is 3. The van der Waals surface area contributed by atoms with Gasteiger partial charge < -0.3 is 4.74 Å². The Labute approximate surface area is 105 Å². The summed E-state index contributed by atoms with van der Waals surface area (Å²) in [5, 5.41) is 9.04. The summed E-state index contributed by atoms with van der Waals surface area (Å²) >= 11 is 5.72. The molecule has 84 valence electrons. The quantitative estimate of drug-likeness (QED) is 0.761. The van der Waals surface area contributed by atoms with Crippen LogP contribution in [0.1, 0.15) is 11.1 Å². The Morgan fingerprint density at radius 3 is 2.53 bits per heavy atom. The third kappa shape index (κ3) is 2.77. The highest BCUT2D eigenvalue weighted by Gasteiger charge is 2.05. The Bertz CT molecular complexity index is 546. The van der Waals surface area contributed by atoms with Gasteiger partial charge in [0.2, 0.25) is 0 Å². The van der Waals surface area contributed by atoms with Crippen LogP contribution in [0.4, 0.5) is 0 Å². The Hall–Kier alpha value is -1.98. The fraction of sp³-hybridized carbons (Fsp3) is 0.0714. The van der Waals surface area contributed by atoms with Crippen LogP contribution < -0.4 is 4.74 Å². The molecule has 0 aliphatic rings. The zero-order valence-electron chi connectivity index (χ0n) is 9.06. The average Bonchev–Trinajstić information content (AvgIpc) is 2.40. The highest BCUT2D eigenvalue weighted by molar-refractivity contribution is 6.17. The minimum atomic E-state index is 0.389. The van der Waals surface area contributed by atoms with Gasteiger partial charge in [0.05, 0.1) is 5.56 Å². The summed E-state index contributed by atoms with van der Waals surface area (Å²) in [7, 11) is 0. The largest absolute Gasteiger partial charge is 0.456 e. The maximum absolute atomic E-state index is 9.04. The standard InChI is InChI=1S/C14H10ClNO/c15-9-11-6-7-14(12(8-11)10-16)17-13-4-2-1-3-5-13/h1-8H,9H2. The van der Waals surface area contributed by atoms with Crippen LogP contribution in [0.5, 0.6) is 11.5 Å². The normalized spacial score (nSPS) is 9.65. The fourth-order valence-corrected chi connectivity index (χ4v) is 1.62. The second-order valence-corrected chi connectivity index (χ2v) is 3.76. The number of halogens is 1. The summed E-state index contributed by atoms with van der Waals surface area (Å²) in [6.45, 7) is 0. The van der Waals surface area contributed by atoms with Gasteiger partial charge in [-0.15, -0.1) is 11.6 Å². The van der Waals surface area contributed by atoms with Crippen molar-refractivity contribution < 1.29 is 4.74 Å². The van der Waals surface area contributed by atoms with Gasteiger partial charge in [0.1, 0.15) is 17.6 Å². The van der Waals surface area contributed by atoms with Crippen molar-refractivity contribution >= 4 is 11.6 Å². The lowest BCUT2D eigenvalue weighted by Crippen LogP contribution is -1.89. The fourth-order valence-electron chi connectivity index (χ4n) is 1.45. The average molecular weight is 244 g/mol. The first-order chi connectivity index (χ1) is 8.33. The molecule has 0 radical (unpaired) electrons. The van der Waals surface area contributed by atoms with Gasteiger partial charge in [-0.05, 0) is 29.8 Å². The molecule has 2 nitrogen and oxygen atoms in total. The first kappa shape index (κ1) is 11.5. The molecule has 0 fully saturated rings. The molecule has 2 rings (SSSR count). The SMILES string of the molecule is N#Cc1cc(CCl)ccc1Oc1ccccc1. The molecule has 0 aliphatic heterocycles. The maximum atomic E-state index is 9.04. The molecule has 0 aliphatic carbocycles. The molecule has 0 heterocycles. The van der Waals surface area contributed by atoms with Gasteiger partial charge in [0, 0.05) is 5.88 Å². The van der Waals surface area contributed by atoms with Crippen LogP contribution in [-0.4, -0.2) is 0 Å². The van der Waals surface area contributed by atoms with Gasteiger partial charge in [-0.2, -0.15) is 5.26 Å². The second-order valence-electron chi connectivity index (χ2n) is 3.49. The van der Waals surface area contributed by atoms with Crippen LogP contribution in [0, 0.1) is 11.3 Å². The molecule has 0 N–H and O–H groups in total. The lowest BCUT2D eigenvalue weighted by molar-refractivity contribution is 0.481. The molecule has 2 aromatic rings. The molecule has 0 aromatic heterocycles. The molecular weight excluding hydrogens is 234 g/mol. The minimum absolute atomic E-state index is 0.389. The topological polar surface area (TPSA) is 33.0 Å². The van der Waals surface area contributed by atoms with Crippen molar-refractivity contribution in [2.45, 2.75) is 5.88 Å².